The maximum Gasteiger partial charge on any atom is 0.244 e. The van der Waals surface area contributed by atoms with Crippen LogP contribution in [0.25, 0.3) is 17.5 Å². The van der Waals surface area contributed by atoms with E-state index in [-0.39, 0.29) is 11.7 Å². The lowest BCUT2D eigenvalue weighted by Gasteiger charge is -2.02. The number of rotatable bonds is 5. The Hall–Kier alpha value is -3.35. The van der Waals surface area contributed by atoms with Crippen molar-refractivity contribution in [2.24, 2.45) is 7.05 Å². The number of aryl methyl sites for hydroxylation is 1. The highest BCUT2D eigenvalue weighted by atomic mass is 19.1. The molecule has 2 aromatic heterocycles. The van der Waals surface area contributed by atoms with Crippen molar-refractivity contribution >= 4 is 12.0 Å². The summed E-state index contributed by atoms with van der Waals surface area (Å²) in [5.41, 5.74) is 2.52. The molecule has 25 heavy (non-hydrogen) atoms. The molecule has 3 aromatic rings. The van der Waals surface area contributed by atoms with Crippen molar-refractivity contribution in [3.05, 3.63) is 72.1 Å². The van der Waals surface area contributed by atoms with Gasteiger partial charge in [0.05, 0.1) is 18.4 Å². The molecule has 0 saturated heterocycles. The number of halogens is 1. The number of hydrogen-bond donors (Lipinski definition) is 1. The van der Waals surface area contributed by atoms with Gasteiger partial charge in [-0.05, 0) is 18.2 Å². The number of carbonyl (C=O) groups excluding carboxylic acids is 1. The summed E-state index contributed by atoms with van der Waals surface area (Å²) in [7, 11) is 1.79. The van der Waals surface area contributed by atoms with Crippen molar-refractivity contribution in [1.82, 2.24) is 25.1 Å². The van der Waals surface area contributed by atoms with Crippen LogP contribution in [0.5, 0.6) is 0 Å². The molecule has 0 saturated carbocycles. The number of benzene rings is 1. The Bertz CT molecular complexity index is 905. The molecule has 6 nitrogen and oxygen atoms in total. The van der Waals surface area contributed by atoms with Gasteiger partial charge in [-0.2, -0.15) is 5.10 Å². The van der Waals surface area contributed by atoms with Crippen molar-refractivity contribution in [3.8, 4) is 11.4 Å². The molecule has 2 heterocycles. The van der Waals surface area contributed by atoms with E-state index in [1.807, 2.05) is 6.07 Å². The standard InChI is InChI=1S/C18H16FN5O/c1-24-14(10-16(23-24)17-12-20-8-9-21-17)11-22-18(25)7-6-13-4-2-3-5-15(13)19/h2-10,12H,11H2,1H3,(H,22,25). The fourth-order valence-corrected chi connectivity index (χ4v) is 2.24. The molecule has 7 heteroatoms. The van der Waals surface area contributed by atoms with Crippen molar-refractivity contribution < 1.29 is 9.18 Å². The van der Waals surface area contributed by atoms with Crippen LogP contribution in [0.3, 0.4) is 0 Å². The quantitative estimate of drug-likeness (QED) is 0.726. The smallest absolute Gasteiger partial charge is 0.244 e. The van der Waals surface area contributed by atoms with Crippen molar-refractivity contribution in [2.75, 3.05) is 0 Å². The average Bonchev–Trinajstić information content (AvgIpc) is 3.01. The lowest BCUT2D eigenvalue weighted by atomic mass is 10.2. The number of aromatic nitrogens is 4. The van der Waals surface area contributed by atoms with Gasteiger partial charge in [0, 0.05) is 31.1 Å². The molecule has 3 rings (SSSR count). The first-order valence-electron chi connectivity index (χ1n) is 7.63. The summed E-state index contributed by atoms with van der Waals surface area (Å²) in [4.78, 5) is 20.1. The maximum absolute atomic E-state index is 13.5. The van der Waals surface area contributed by atoms with Crippen LogP contribution in [-0.4, -0.2) is 25.7 Å². The fourth-order valence-electron chi connectivity index (χ4n) is 2.24. The Morgan fingerprint density at radius 3 is 2.88 bits per heavy atom. The lowest BCUT2D eigenvalue weighted by molar-refractivity contribution is -0.116. The molecule has 1 amide bonds. The lowest BCUT2D eigenvalue weighted by Crippen LogP contribution is -2.21. The molecule has 1 aromatic carbocycles. The molecule has 0 atom stereocenters. The first-order valence-corrected chi connectivity index (χ1v) is 7.63. The van der Waals surface area contributed by atoms with Crippen LogP contribution in [0.4, 0.5) is 4.39 Å². The number of amides is 1. The summed E-state index contributed by atoms with van der Waals surface area (Å²) in [5.74, 6) is -0.683. The zero-order valence-electron chi connectivity index (χ0n) is 13.6. The Labute approximate surface area is 144 Å². The summed E-state index contributed by atoms with van der Waals surface area (Å²) in [6.07, 6.45) is 7.56. The topological polar surface area (TPSA) is 72.7 Å². The molecule has 0 spiro atoms. The summed E-state index contributed by atoms with van der Waals surface area (Å²) in [5, 5.41) is 7.11. The van der Waals surface area contributed by atoms with Gasteiger partial charge in [0.15, 0.2) is 0 Å². The number of carbonyl (C=O) groups is 1. The Morgan fingerprint density at radius 1 is 1.28 bits per heavy atom. The summed E-state index contributed by atoms with van der Waals surface area (Å²) < 4.78 is 15.2. The Morgan fingerprint density at radius 2 is 2.12 bits per heavy atom. The van der Waals surface area contributed by atoms with Crippen molar-refractivity contribution in [2.45, 2.75) is 6.54 Å². The molecule has 0 fully saturated rings. The van der Waals surface area contributed by atoms with Crippen LogP contribution in [0.15, 0.2) is 55.0 Å². The minimum atomic E-state index is -0.369. The Balaban J connectivity index is 1.63. The number of nitrogens with one attached hydrogen (secondary N) is 1. The highest BCUT2D eigenvalue weighted by Gasteiger charge is 2.09. The normalized spacial score (nSPS) is 11.0. The van der Waals surface area contributed by atoms with Gasteiger partial charge in [-0.1, -0.05) is 18.2 Å². The van der Waals surface area contributed by atoms with Crippen LogP contribution < -0.4 is 5.32 Å². The predicted molar refractivity (Wildman–Crippen MR) is 91.5 cm³/mol. The van der Waals surface area contributed by atoms with Crippen LogP contribution >= 0.6 is 0 Å². The van der Waals surface area contributed by atoms with Crippen LogP contribution in [-0.2, 0) is 18.4 Å². The van der Waals surface area contributed by atoms with E-state index in [1.54, 1.807) is 48.5 Å². The molecule has 0 radical (unpaired) electrons. The minimum Gasteiger partial charge on any atom is -0.347 e. The van der Waals surface area contributed by atoms with E-state index in [2.05, 4.69) is 20.4 Å². The van der Waals surface area contributed by atoms with E-state index in [4.69, 9.17) is 0 Å². The van der Waals surface area contributed by atoms with E-state index in [1.165, 1.54) is 18.2 Å². The van der Waals surface area contributed by atoms with Crippen molar-refractivity contribution in [3.63, 3.8) is 0 Å². The SMILES string of the molecule is Cn1nc(-c2cnccn2)cc1CNC(=O)C=Cc1ccccc1F. The molecule has 0 aliphatic carbocycles. The van der Waals surface area contributed by atoms with Gasteiger partial charge in [-0.25, -0.2) is 4.39 Å². The van der Waals surface area contributed by atoms with E-state index in [0.29, 0.717) is 23.5 Å². The van der Waals surface area contributed by atoms with Gasteiger partial charge in [-0.3, -0.25) is 19.4 Å². The minimum absolute atomic E-state index is 0.296. The summed E-state index contributed by atoms with van der Waals surface area (Å²) in [6.45, 7) is 0.296. The monoisotopic (exact) mass is 337 g/mol. The van der Waals surface area contributed by atoms with E-state index in [9.17, 15) is 9.18 Å². The second-order valence-electron chi connectivity index (χ2n) is 5.31. The molecule has 0 aliphatic rings. The van der Waals surface area contributed by atoms with Gasteiger partial charge in [0.25, 0.3) is 0 Å². The predicted octanol–water partition coefficient (Wildman–Crippen LogP) is 2.35. The third-order valence-corrected chi connectivity index (χ3v) is 3.57. The highest BCUT2D eigenvalue weighted by Crippen LogP contribution is 2.15. The van der Waals surface area contributed by atoms with E-state index >= 15 is 0 Å². The molecular formula is C18H16FN5O. The largest absolute Gasteiger partial charge is 0.347 e. The molecule has 0 aliphatic heterocycles. The second kappa shape index (κ2) is 7.48. The zero-order chi connectivity index (χ0) is 17.6. The zero-order valence-corrected chi connectivity index (χ0v) is 13.6. The third-order valence-electron chi connectivity index (χ3n) is 3.57. The van der Waals surface area contributed by atoms with Crippen molar-refractivity contribution in [1.29, 1.82) is 0 Å². The third kappa shape index (κ3) is 4.14. The maximum atomic E-state index is 13.5. The first kappa shape index (κ1) is 16.5. The Kier molecular flexibility index (Phi) is 4.94. The molecular weight excluding hydrogens is 321 g/mol. The summed E-state index contributed by atoms with van der Waals surface area (Å²) >= 11 is 0. The van der Waals surface area contributed by atoms with Crippen LogP contribution in [0.2, 0.25) is 0 Å². The highest BCUT2D eigenvalue weighted by molar-refractivity contribution is 5.91. The number of nitrogens with zero attached hydrogens (tertiary/aromatic N) is 4. The van der Waals surface area contributed by atoms with Gasteiger partial charge >= 0.3 is 0 Å². The molecule has 0 unspecified atom stereocenters. The van der Waals surface area contributed by atoms with Gasteiger partial charge in [0.1, 0.15) is 17.2 Å². The molecule has 0 bridgehead atoms. The average molecular weight is 337 g/mol. The molecule has 1 N–H and O–H groups in total. The van der Waals surface area contributed by atoms with Gasteiger partial charge in [0.2, 0.25) is 5.91 Å². The number of hydrogen-bond acceptors (Lipinski definition) is 4. The summed E-state index contributed by atoms with van der Waals surface area (Å²) in [6, 6.07) is 8.10. The van der Waals surface area contributed by atoms with Crippen LogP contribution in [0, 0.1) is 5.82 Å². The molecule has 126 valence electrons. The second-order valence-corrected chi connectivity index (χ2v) is 5.31. The van der Waals surface area contributed by atoms with E-state index in [0.717, 1.165) is 5.69 Å². The first-order chi connectivity index (χ1) is 12.1. The van der Waals surface area contributed by atoms with Crippen LogP contribution in [0.1, 0.15) is 11.3 Å². The fraction of sp³-hybridized carbons (Fsp3) is 0.111. The van der Waals surface area contributed by atoms with E-state index < -0.39 is 0 Å². The van der Waals surface area contributed by atoms with Gasteiger partial charge < -0.3 is 5.32 Å². The van der Waals surface area contributed by atoms with Gasteiger partial charge in [-0.15, -0.1) is 0 Å².